The van der Waals surface area contributed by atoms with Gasteiger partial charge in [0.25, 0.3) is 0 Å². The third-order valence-electron chi connectivity index (χ3n) is 5.86. The number of nitrogens with zero attached hydrogens (tertiary/aromatic N) is 2. The van der Waals surface area contributed by atoms with Crippen molar-refractivity contribution < 1.29 is 27.5 Å². The highest BCUT2D eigenvalue weighted by atomic mass is 32.2. The number of hydrogen-bond acceptors (Lipinski definition) is 6. The second-order valence-corrected chi connectivity index (χ2v) is 10.4. The van der Waals surface area contributed by atoms with Crippen LogP contribution in [0.3, 0.4) is 0 Å². The van der Waals surface area contributed by atoms with Crippen molar-refractivity contribution in [2.24, 2.45) is 0 Å². The van der Waals surface area contributed by atoms with Crippen molar-refractivity contribution in [2.75, 3.05) is 29.7 Å². The molecule has 1 aliphatic heterocycles. The summed E-state index contributed by atoms with van der Waals surface area (Å²) in [7, 11) is -1.82. The Kier molecular flexibility index (Phi) is 6.53. The van der Waals surface area contributed by atoms with Gasteiger partial charge in [0.1, 0.15) is 0 Å². The molecule has 3 aromatic rings. The minimum absolute atomic E-state index is 0.137. The van der Waals surface area contributed by atoms with Gasteiger partial charge in [-0.25, -0.2) is 13.2 Å². The van der Waals surface area contributed by atoms with Gasteiger partial charge in [-0.2, -0.15) is 0 Å². The van der Waals surface area contributed by atoms with E-state index in [1.165, 1.54) is 18.9 Å². The van der Waals surface area contributed by atoms with Crippen molar-refractivity contribution in [3.05, 3.63) is 66.7 Å². The van der Waals surface area contributed by atoms with Crippen LogP contribution in [-0.2, 0) is 14.6 Å². The van der Waals surface area contributed by atoms with Gasteiger partial charge in [0.15, 0.2) is 21.3 Å². The number of ether oxygens (including phenoxy) is 2. The SMILES string of the molecule is COc1ccccc1OC(=O)N1CC(C)N(C(C)=O)c2ccc(-c3ccc(S(C)(=O)=O)cc3)cc21. The Balaban J connectivity index is 1.76. The first-order valence-corrected chi connectivity index (χ1v) is 12.9. The highest BCUT2D eigenvalue weighted by Crippen LogP contribution is 2.40. The molecule has 3 aromatic carbocycles. The van der Waals surface area contributed by atoms with E-state index >= 15 is 0 Å². The standard InChI is InChI=1S/C26H26N2O6S/c1-17-16-27(26(30)34-25-8-6-5-7-24(25)33-3)23-15-20(11-14-22(23)28(17)18(2)29)19-9-12-21(13-10-19)35(4,31)32/h5-15,17H,16H2,1-4H3. The van der Waals surface area contributed by atoms with E-state index in [1.54, 1.807) is 65.6 Å². The van der Waals surface area contributed by atoms with Crippen LogP contribution in [0.15, 0.2) is 71.6 Å². The Morgan fingerprint density at radius 3 is 2.14 bits per heavy atom. The molecule has 0 saturated heterocycles. The molecule has 1 aliphatic rings. The first-order chi connectivity index (χ1) is 16.6. The maximum atomic E-state index is 13.3. The molecule has 0 radical (unpaired) electrons. The van der Waals surface area contributed by atoms with E-state index in [0.717, 1.165) is 17.4 Å². The van der Waals surface area contributed by atoms with Crippen molar-refractivity contribution in [1.29, 1.82) is 0 Å². The molecule has 0 spiro atoms. The number of anilines is 2. The Morgan fingerprint density at radius 1 is 0.914 bits per heavy atom. The summed E-state index contributed by atoms with van der Waals surface area (Å²) in [5.41, 5.74) is 2.64. The second kappa shape index (κ2) is 9.42. The summed E-state index contributed by atoms with van der Waals surface area (Å²) >= 11 is 0. The predicted octanol–water partition coefficient (Wildman–Crippen LogP) is 4.53. The van der Waals surface area contributed by atoms with E-state index in [2.05, 4.69) is 0 Å². The zero-order valence-corrected chi connectivity index (χ0v) is 20.7. The Labute approximate surface area is 204 Å². The molecule has 4 rings (SSSR count). The number of carbonyl (C=O) groups is 2. The van der Waals surface area contributed by atoms with Crippen LogP contribution in [-0.4, -0.2) is 46.4 Å². The zero-order chi connectivity index (χ0) is 25.3. The van der Waals surface area contributed by atoms with Crippen LogP contribution in [0, 0.1) is 0 Å². The average molecular weight is 495 g/mol. The molecule has 182 valence electrons. The molecule has 0 N–H and O–H groups in total. The van der Waals surface area contributed by atoms with E-state index in [4.69, 9.17) is 9.47 Å². The van der Waals surface area contributed by atoms with E-state index in [0.29, 0.717) is 17.1 Å². The molecular weight excluding hydrogens is 468 g/mol. The van der Waals surface area contributed by atoms with Crippen LogP contribution < -0.4 is 19.3 Å². The van der Waals surface area contributed by atoms with Gasteiger partial charge in [0, 0.05) is 19.7 Å². The van der Waals surface area contributed by atoms with Gasteiger partial charge >= 0.3 is 6.09 Å². The van der Waals surface area contributed by atoms with Crippen molar-refractivity contribution in [2.45, 2.75) is 24.8 Å². The largest absolute Gasteiger partial charge is 0.493 e. The third-order valence-corrected chi connectivity index (χ3v) is 6.98. The van der Waals surface area contributed by atoms with Gasteiger partial charge in [0.2, 0.25) is 5.91 Å². The van der Waals surface area contributed by atoms with Gasteiger partial charge in [0.05, 0.1) is 29.4 Å². The van der Waals surface area contributed by atoms with Crippen molar-refractivity contribution in [3.63, 3.8) is 0 Å². The molecule has 1 unspecified atom stereocenters. The summed E-state index contributed by atoms with van der Waals surface area (Å²) in [5.74, 6) is 0.577. The topological polar surface area (TPSA) is 93.2 Å². The maximum absolute atomic E-state index is 13.3. The van der Waals surface area contributed by atoms with Crippen molar-refractivity contribution >= 4 is 33.2 Å². The molecule has 1 heterocycles. The number of para-hydroxylation sites is 2. The lowest BCUT2D eigenvalue weighted by Crippen LogP contribution is -2.52. The van der Waals surface area contributed by atoms with Crippen LogP contribution in [0.1, 0.15) is 13.8 Å². The molecule has 35 heavy (non-hydrogen) atoms. The summed E-state index contributed by atoms with van der Waals surface area (Å²) in [5, 5.41) is 0. The van der Waals surface area contributed by atoms with E-state index < -0.39 is 15.9 Å². The zero-order valence-electron chi connectivity index (χ0n) is 19.9. The lowest BCUT2D eigenvalue weighted by Gasteiger charge is -2.40. The summed E-state index contributed by atoms with van der Waals surface area (Å²) in [6, 6.07) is 18.5. The summed E-state index contributed by atoms with van der Waals surface area (Å²) in [4.78, 5) is 29.1. The Hall–Kier alpha value is -3.85. The molecule has 0 fully saturated rings. The minimum Gasteiger partial charge on any atom is -0.493 e. The number of methoxy groups -OCH3 is 1. The lowest BCUT2D eigenvalue weighted by atomic mass is 10.0. The fourth-order valence-corrected chi connectivity index (χ4v) is 4.83. The monoisotopic (exact) mass is 494 g/mol. The van der Waals surface area contributed by atoms with Gasteiger partial charge in [-0.15, -0.1) is 0 Å². The number of rotatable bonds is 4. The summed E-state index contributed by atoms with van der Waals surface area (Å²) in [6.07, 6.45) is 0.555. The molecule has 0 aromatic heterocycles. The normalized spacial score (nSPS) is 15.4. The first-order valence-electron chi connectivity index (χ1n) is 11.0. The predicted molar refractivity (Wildman–Crippen MR) is 134 cm³/mol. The van der Waals surface area contributed by atoms with Crippen LogP contribution >= 0.6 is 0 Å². The molecule has 0 aliphatic carbocycles. The fraction of sp³-hybridized carbons (Fsp3) is 0.231. The number of amides is 2. The molecular formula is C26H26N2O6S. The van der Waals surface area contributed by atoms with Crippen molar-refractivity contribution in [1.82, 2.24) is 0 Å². The van der Waals surface area contributed by atoms with E-state index in [-0.39, 0.29) is 29.1 Å². The number of fused-ring (bicyclic) bond motifs is 1. The maximum Gasteiger partial charge on any atom is 0.420 e. The number of carbonyl (C=O) groups excluding carboxylic acids is 2. The molecule has 2 amide bonds. The second-order valence-electron chi connectivity index (χ2n) is 8.37. The first kappa shape index (κ1) is 24.3. The van der Waals surface area contributed by atoms with Gasteiger partial charge < -0.3 is 14.4 Å². The Morgan fingerprint density at radius 2 is 1.54 bits per heavy atom. The lowest BCUT2D eigenvalue weighted by molar-refractivity contribution is -0.117. The van der Waals surface area contributed by atoms with Crippen molar-refractivity contribution in [3.8, 4) is 22.6 Å². The average Bonchev–Trinajstić information content (AvgIpc) is 2.82. The smallest absolute Gasteiger partial charge is 0.420 e. The van der Waals surface area contributed by atoms with Crippen LogP contribution in [0.5, 0.6) is 11.5 Å². The molecule has 0 bridgehead atoms. The van der Waals surface area contributed by atoms with Crippen LogP contribution in [0.2, 0.25) is 0 Å². The van der Waals surface area contributed by atoms with E-state index in [9.17, 15) is 18.0 Å². The third kappa shape index (κ3) is 4.85. The molecule has 0 saturated carbocycles. The Bertz CT molecular complexity index is 1390. The summed E-state index contributed by atoms with van der Waals surface area (Å²) < 4.78 is 34.6. The molecule has 1 atom stereocenters. The molecule has 8 nitrogen and oxygen atoms in total. The highest BCUT2D eigenvalue weighted by Gasteiger charge is 2.35. The van der Waals surface area contributed by atoms with Crippen LogP contribution in [0.25, 0.3) is 11.1 Å². The van der Waals surface area contributed by atoms with Gasteiger partial charge in [-0.1, -0.05) is 30.3 Å². The number of sulfone groups is 1. The van der Waals surface area contributed by atoms with Gasteiger partial charge in [-0.3, -0.25) is 9.69 Å². The molecule has 9 heteroatoms. The number of benzene rings is 3. The fourth-order valence-electron chi connectivity index (χ4n) is 4.20. The van der Waals surface area contributed by atoms with Gasteiger partial charge in [-0.05, 0) is 54.4 Å². The number of hydrogen-bond donors (Lipinski definition) is 0. The van der Waals surface area contributed by atoms with Crippen LogP contribution in [0.4, 0.5) is 16.2 Å². The van der Waals surface area contributed by atoms with E-state index in [1.807, 2.05) is 13.0 Å². The minimum atomic E-state index is -3.32. The quantitative estimate of drug-likeness (QED) is 0.529. The highest BCUT2D eigenvalue weighted by molar-refractivity contribution is 7.90. The summed E-state index contributed by atoms with van der Waals surface area (Å²) in [6.45, 7) is 3.59.